The molecule has 2 aromatic heterocycles. The van der Waals surface area contributed by atoms with Crippen LogP contribution in [0.25, 0.3) is 10.9 Å². The van der Waals surface area contributed by atoms with Crippen LogP contribution < -0.4 is 20.3 Å². The van der Waals surface area contributed by atoms with Gasteiger partial charge in [-0.2, -0.15) is 0 Å². The fourth-order valence-corrected chi connectivity index (χ4v) is 3.93. The van der Waals surface area contributed by atoms with Gasteiger partial charge in [0.05, 0.1) is 16.9 Å². The first kappa shape index (κ1) is 20.9. The van der Waals surface area contributed by atoms with Crippen LogP contribution in [0.3, 0.4) is 0 Å². The highest BCUT2D eigenvalue weighted by Gasteiger charge is 2.32. The number of hydrogen-bond acceptors (Lipinski definition) is 7. The molecule has 3 heterocycles. The highest BCUT2D eigenvalue weighted by Crippen LogP contribution is 2.37. The highest BCUT2D eigenvalue weighted by atomic mass is 16.5. The SMILES string of the molecule is CN1C(=O)[C@@H](NC(O)c2cc(Nc3ccccc3)ccn2)COc2ccc3ncccc3c21. The number of aliphatic hydroxyl groups excluding tert-OH is 1. The maximum Gasteiger partial charge on any atom is 0.247 e. The van der Waals surface area contributed by atoms with Gasteiger partial charge in [-0.05, 0) is 48.5 Å². The molecule has 5 rings (SSSR count). The van der Waals surface area contributed by atoms with E-state index in [4.69, 9.17) is 4.74 Å². The number of amides is 1. The van der Waals surface area contributed by atoms with Gasteiger partial charge in [0.1, 0.15) is 24.6 Å². The van der Waals surface area contributed by atoms with Crippen molar-refractivity contribution < 1.29 is 14.6 Å². The molecule has 0 bridgehead atoms. The maximum atomic E-state index is 13.2. The van der Waals surface area contributed by atoms with Gasteiger partial charge in [0.25, 0.3) is 0 Å². The number of hydrogen-bond donors (Lipinski definition) is 3. The summed E-state index contributed by atoms with van der Waals surface area (Å²) in [6, 6.07) is 19.9. The summed E-state index contributed by atoms with van der Waals surface area (Å²) >= 11 is 0. The predicted molar refractivity (Wildman–Crippen MR) is 126 cm³/mol. The Morgan fingerprint density at radius 2 is 1.88 bits per heavy atom. The zero-order valence-corrected chi connectivity index (χ0v) is 18.0. The maximum absolute atomic E-state index is 13.2. The van der Waals surface area contributed by atoms with E-state index in [9.17, 15) is 9.90 Å². The van der Waals surface area contributed by atoms with Crippen molar-refractivity contribution in [2.45, 2.75) is 12.3 Å². The Kier molecular flexibility index (Phi) is 5.60. The lowest BCUT2D eigenvalue weighted by Gasteiger charge is -2.23. The Bertz CT molecular complexity index is 1300. The van der Waals surface area contributed by atoms with Crippen LogP contribution >= 0.6 is 0 Å². The van der Waals surface area contributed by atoms with E-state index in [0.29, 0.717) is 17.1 Å². The van der Waals surface area contributed by atoms with E-state index in [1.54, 1.807) is 30.4 Å². The lowest BCUT2D eigenvalue weighted by molar-refractivity contribution is -0.121. The van der Waals surface area contributed by atoms with Gasteiger partial charge in [-0.25, -0.2) is 0 Å². The lowest BCUT2D eigenvalue weighted by atomic mass is 10.1. The second-order valence-corrected chi connectivity index (χ2v) is 7.77. The summed E-state index contributed by atoms with van der Waals surface area (Å²) in [7, 11) is 1.70. The van der Waals surface area contributed by atoms with Crippen molar-refractivity contribution in [2.24, 2.45) is 0 Å². The number of nitrogens with zero attached hydrogens (tertiary/aromatic N) is 3. The number of likely N-dealkylation sites (N-methyl/N-ethyl adjacent to an activating group) is 1. The molecule has 0 fully saturated rings. The first-order valence-electron chi connectivity index (χ1n) is 10.6. The van der Waals surface area contributed by atoms with Crippen LogP contribution in [0.2, 0.25) is 0 Å². The smallest absolute Gasteiger partial charge is 0.247 e. The van der Waals surface area contributed by atoms with Crippen LogP contribution in [0.5, 0.6) is 5.75 Å². The Morgan fingerprint density at radius 1 is 1.03 bits per heavy atom. The molecule has 0 saturated carbocycles. The molecule has 2 aromatic carbocycles. The van der Waals surface area contributed by atoms with Crippen LogP contribution in [0.1, 0.15) is 11.9 Å². The lowest BCUT2D eigenvalue weighted by Crippen LogP contribution is -2.48. The molecular formula is C25H23N5O3. The van der Waals surface area contributed by atoms with Gasteiger partial charge in [0.15, 0.2) is 0 Å². The largest absolute Gasteiger partial charge is 0.489 e. The second-order valence-electron chi connectivity index (χ2n) is 7.77. The van der Waals surface area contributed by atoms with Gasteiger partial charge in [-0.15, -0.1) is 0 Å². The predicted octanol–water partition coefficient (Wildman–Crippen LogP) is 3.38. The Balaban J connectivity index is 1.35. The molecule has 1 unspecified atom stereocenters. The summed E-state index contributed by atoms with van der Waals surface area (Å²) in [5, 5.41) is 17.9. The summed E-state index contributed by atoms with van der Waals surface area (Å²) in [5.74, 6) is 0.375. The van der Waals surface area contributed by atoms with Gasteiger partial charge < -0.3 is 20.1 Å². The van der Waals surface area contributed by atoms with Crippen molar-refractivity contribution in [2.75, 3.05) is 23.9 Å². The van der Waals surface area contributed by atoms with Crippen LogP contribution in [-0.4, -0.2) is 40.7 Å². The van der Waals surface area contributed by atoms with E-state index in [1.165, 1.54) is 0 Å². The van der Waals surface area contributed by atoms with Crippen molar-refractivity contribution in [1.82, 2.24) is 15.3 Å². The average molecular weight is 441 g/mol. The Hall–Kier alpha value is -4.01. The monoisotopic (exact) mass is 441 g/mol. The second kappa shape index (κ2) is 8.85. The number of benzene rings is 2. The number of para-hydroxylation sites is 1. The summed E-state index contributed by atoms with van der Waals surface area (Å²) in [6.45, 7) is 0.0704. The molecule has 0 saturated heterocycles. The number of aromatic nitrogens is 2. The number of pyridine rings is 2. The normalized spacial score (nSPS) is 16.6. The standard InChI is InChI=1S/C25H23N5O3/c1-30-23-18-8-5-12-26-19(18)9-10-22(23)33-15-21(25(30)32)29-24(31)20-14-17(11-13-27-20)28-16-6-3-2-4-7-16/h2-14,21,24,29,31H,15H2,1H3,(H,27,28)/t21-,24?/m0/s1. The molecule has 33 heavy (non-hydrogen) atoms. The van der Waals surface area contributed by atoms with Crippen molar-refractivity contribution in [3.63, 3.8) is 0 Å². The molecular weight excluding hydrogens is 418 g/mol. The Labute approximate surface area is 190 Å². The number of fused-ring (bicyclic) bond motifs is 3. The number of carbonyl (C=O) groups excluding carboxylic acids is 1. The van der Waals surface area contributed by atoms with Crippen LogP contribution in [0, 0.1) is 0 Å². The number of rotatable bonds is 5. The first-order chi connectivity index (χ1) is 16.1. The molecule has 8 nitrogen and oxygen atoms in total. The van der Waals surface area contributed by atoms with E-state index in [-0.39, 0.29) is 12.5 Å². The molecule has 1 amide bonds. The molecule has 8 heteroatoms. The minimum atomic E-state index is -1.16. The van der Waals surface area contributed by atoms with E-state index in [0.717, 1.165) is 22.3 Å². The average Bonchev–Trinajstić information content (AvgIpc) is 2.97. The molecule has 1 aliphatic rings. The minimum absolute atomic E-state index is 0.0704. The minimum Gasteiger partial charge on any atom is -0.489 e. The zero-order chi connectivity index (χ0) is 22.8. The quantitative estimate of drug-likeness (QED) is 0.408. The highest BCUT2D eigenvalue weighted by molar-refractivity contribution is 6.07. The van der Waals surface area contributed by atoms with Crippen LogP contribution in [0.4, 0.5) is 17.1 Å². The number of aliphatic hydroxyl groups is 1. The van der Waals surface area contributed by atoms with Gasteiger partial charge in [-0.3, -0.25) is 20.1 Å². The van der Waals surface area contributed by atoms with Gasteiger partial charge in [0.2, 0.25) is 5.91 Å². The number of ether oxygens (including phenoxy) is 1. The molecule has 3 N–H and O–H groups in total. The molecule has 0 radical (unpaired) electrons. The molecule has 0 aliphatic carbocycles. The molecule has 166 valence electrons. The summed E-state index contributed by atoms with van der Waals surface area (Å²) < 4.78 is 5.95. The summed E-state index contributed by atoms with van der Waals surface area (Å²) in [5.41, 5.74) is 3.53. The van der Waals surface area contributed by atoms with E-state index in [2.05, 4.69) is 20.6 Å². The number of anilines is 3. The topological polar surface area (TPSA) is 99.6 Å². The zero-order valence-electron chi connectivity index (χ0n) is 18.0. The third kappa shape index (κ3) is 4.21. The fraction of sp³-hybridized carbons (Fsp3) is 0.160. The fourth-order valence-electron chi connectivity index (χ4n) is 3.93. The van der Waals surface area contributed by atoms with Gasteiger partial charge >= 0.3 is 0 Å². The van der Waals surface area contributed by atoms with Crippen molar-refractivity contribution in [3.8, 4) is 5.75 Å². The number of carbonyl (C=O) groups is 1. The van der Waals surface area contributed by atoms with Crippen LogP contribution in [0.15, 0.2) is 79.1 Å². The molecule has 0 spiro atoms. The molecule has 4 aromatic rings. The molecule has 1 aliphatic heterocycles. The summed E-state index contributed by atoms with van der Waals surface area (Å²) in [4.78, 5) is 23.4. The summed E-state index contributed by atoms with van der Waals surface area (Å²) in [6.07, 6.45) is 2.16. The Morgan fingerprint density at radius 3 is 2.73 bits per heavy atom. The van der Waals surface area contributed by atoms with Crippen molar-refractivity contribution in [3.05, 3.63) is 84.8 Å². The third-order valence-corrected chi connectivity index (χ3v) is 5.57. The van der Waals surface area contributed by atoms with Crippen molar-refractivity contribution in [1.29, 1.82) is 0 Å². The van der Waals surface area contributed by atoms with Gasteiger partial charge in [-0.1, -0.05) is 18.2 Å². The van der Waals surface area contributed by atoms with Crippen LogP contribution in [-0.2, 0) is 4.79 Å². The third-order valence-electron chi connectivity index (χ3n) is 5.57. The first-order valence-corrected chi connectivity index (χ1v) is 10.6. The molecule has 2 atom stereocenters. The number of nitrogens with one attached hydrogen (secondary N) is 2. The van der Waals surface area contributed by atoms with E-state index < -0.39 is 12.3 Å². The van der Waals surface area contributed by atoms with Crippen molar-refractivity contribution >= 4 is 33.9 Å². The van der Waals surface area contributed by atoms with E-state index in [1.807, 2.05) is 60.7 Å². The van der Waals surface area contributed by atoms with Gasteiger partial charge in [0, 0.05) is 36.2 Å². The van der Waals surface area contributed by atoms with E-state index >= 15 is 0 Å².